The van der Waals surface area contributed by atoms with Gasteiger partial charge in [-0.15, -0.1) is 0 Å². The van der Waals surface area contributed by atoms with Gasteiger partial charge >= 0.3 is 0 Å². The van der Waals surface area contributed by atoms with Crippen LogP contribution in [0.1, 0.15) is 0 Å². The average Bonchev–Trinajstić information content (AvgIpc) is 3.81. The fraction of sp³-hybridized carbons (Fsp3) is 0. The molecule has 0 amide bonds. The van der Waals surface area contributed by atoms with E-state index in [2.05, 4.69) is 266 Å². The first-order valence-electron chi connectivity index (χ1n) is 23.3. The molecule has 0 radical (unpaired) electrons. The molecule has 1 aromatic heterocycles. The van der Waals surface area contributed by atoms with Crippen LogP contribution >= 0.6 is 0 Å². The maximum Gasteiger partial charge on any atom is 0.143 e. The second kappa shape index (κ2) is 16.5. The van der Waals surface area contributed by atoms with Crippen molar-refractivity contribution in [3.8, 4) is 55.6 Å². The zero-order valence-corrected chi connectivity index (χ0v) is 37.2. The number of nitrogens with zero attached hydrogens (tertiary/aromatic N) is 1. The Morgan fingerprint density at radius 1 is 0.250 bits per heavy atom. The van der Waals surface area contributed by atoms with Crippen LogP contribution in [0, 0.1) is 0 Å². The Hall–Kier alpha value is -8.98. The highest BCUT2D eigenvalue weighted by Crippen LogP contribution is 2.43. The highest BCUT2D eigenvalue weighted by Gasteiger charge is 2.19. The third-order valence-corrected chi connectivity index (χ3v) is 13.6. The normalized spacial score (nSPS) is 11.5. The molecule has 0 aliphatic heterocycles. The Morgan fingerprint density at radius 2 is 0.735 bits per heavy atom. The molecule has 2 nitrogen and oxygen atoms in total. The largest absolute Gasteiger partial charge is 0.455 e. The van der Waals surface area contributed by atoms with E-state index in [0.29, 0.717) is 0 Å². The van der Waals surface area contributed by atoms with Crippen LogP contribution in [0.5, 0.6) is 0 Å². The molecule has 68 heavy (non-hydrogen) atoms. The standard InChI is InChI=1S/C66H43NO/c1-3-13-44(14-4-1)53-40-54(45-15-5-2-6-16-45)42-55(41-53)47-29-35-57(36-30-47)67(56-33-27-46(28-34-56)50-32-37-60-52(39-50)26-25-48-17-7-9-21-59(48)60)58-20-11-19-51(43-58)61-23-12-24-64-65(61)63-38-31-49-18-8-10-22-62(49)66(63)68-64/h1-43H. The second-order valence-electron chi connectivity index (χ2n) is 17.7. The molecule has 0 unspecified atom stereocenters. The number of fused-ring (bicyclic) bond motifs is 8. The van der Waals surface area contributed by atoms with Gasteiger partial charge in [0, 0.05) is 33.2 Å². The predicted octanol–water partition coefficient (Wildman–Crippen LogP) is 18.9. The summed E-state index contributed by atoms with van der Waals surface area (Å²) < 4.78 is 6.64. The molecule has 0 spiro atoms. The van der Waals surface area contributed by atoms with Gasteiger partial charge in [0.25, 0.3) is 0 Å². The topological polar surface area (TPSA) is 16.4 Å². The first kappa shape index (κ1) is 39.4. The maximum atomic E-state index is 6.64. The van der Waals surface area contributed by atoms with Gasteiger partial charge in [-0.05, 0) is 155 Å². The van der Waals surface area contributed by atoms with Crippen LogP contribution in [0.15, 0.2) is 265 Å². The molecule has 13 aromatic rings. The van der Waals surface area contributed by atoms with Crippen molar-refractivity contribution in [1.82, 2.24) is 0 Å². The van der Waals surface area contributed by atoms with Gasteiger partial charge in [-0.25, -0.2) is 0 Å². The number of hydrogen-bond acceptors (Lipinski definition) is 2. The van der Waals surface area contributed by atoms with Crippen molar-refractivity contribution >= 4 is 71.3 Å². The second-order valence-corrected chi connectivity index (χ2v) is 17.7. The Labute approximate surface area is 395 Å². The molecule has 318 valence electrons. The van der Waals surface area contributed by atoms with E-state index in [1.54, 1.807) is 0 Å². The van der Waals surface area contributed by atoms with Gasteiger partial charge in [-0.2, -0.15) is 0 Å². The molecule has 0 aliphatic carbocycles. The minimum atomic E-state index is 0.885. The van der Waals surface area contributed by atoms with Crippen LogP contribution in [0.4, 0.5) is 17.1 Å². The first-order chi connectivity index (χ1) is 33.7. The van der Waals surface area contributed by atoms with Crippen LogP contribution in [0.3, 0.4) is 0 Å². The molecule has 1 heterocycles. The summed E-state index contributed by atoms with van der Waals surface area (Å²) in [6.07, 6.45) is 0. The van der Waals surface area contributed by atoms with Gasteiger partial charge < -0.3 is 9.32 Å². The zero-order chi connectivity index (χ0) is 45.0. The number of furan rings is 1. The van der Waals surface area contributed by atoms with Gasteiger partial charge in [0.05, 0.1) is 0 Å². The smallest absolute Gasteiger partial charge is 0.143 e. The Kier molecular flexibility index (Phi) is 9.54. The van der Waals surface area contributed by atoms with Gasteiger partial charge in [0.15, 0.2) is 0 Å². The lowest BCUT2D eigenvalue weighted by Gasteiger charge is -2.26. The fourth-order valence-electron chi connectivity index (χ4n) is 10.2. The van der Waals surface area contributed by atoms with E-state index in [9.17, 15) is 0 Å². The molecule has 0 N–H and O–H groups in total. The van der Waals surface area contributed by atoms with Crippen molar-refractivity contribution in [2.45, 2.75) is 0 Å². The summed E-state index contributed by atoms with van der Waals surface area (Å²) in [7, 11) is 0. The highest BCUT2D eigenvalue weighted by molar-refractivity contribution is 6.19. The Balaban J connectivity index is 0.926. The molecule has 0 fully saturated rings. The summed E-state index contributed by atoms with van der Waals surface area (Å²) >= 11 is 0. The van der Waals surface area contributed by atoms with Gasteiger partial charge in [0.2, 0.25) is 0 Å². The summed E-state index contributed by atoms with van der Waals surface area (Å²) in [5.74, 6) is 0. The van der Waals surface area contributed by atoms with Crippen LogP contribution in [-0.2, 0) is 0 Å². The molecule has 12 aromatic carbocycles. The minimum Gasteiger partial charge on any atom is -0.455 e. The zero-order valence-electron chi connectivity index (χ0n) is 37.2. The molecule has 0 saturated carbocycles. The molecule has 0 aliphatic rings. The van der Waals surface area contributed by atoms with Crippen molar-refractivity contribution in [2.24, 2.45) is 0 Å². The van der Waals surface area contributed by atoms with E-state index in [1.807, 2.05) is 0 Å². The molecule has 0 saturated heterocycles. The van der Waals surface area contributed by atoms with E-state index < -0.39 is 0 Å². The number of anilines is 3. The van der Waals surface area contributed by atoms with Crippen LogP contribution in [0.25, 0.3) is 110 Å². The van der Waals surface area contributed by atoms with Crippen LogP contribution < -0.4 is 4.90 Å². The molecular formula is C66H43NO. The number of benzene rings is 12. The highest BCUT2D eigenvalue weighted by atomic mass is 16.3. The van der Waals surface area contributed by atoms with Crippen molar-refractivity contribution in [3.63, 3.8) is 0 Å². The lowest BCUT2D eigenvalue weighted by Crippen LogP contribution is -2.10. The van der Waals surface area contributed by atoms with E-state index in [0.717, 1.165) is 61.1 Å². The van der Waals surface area contributed by atoms with E-state index in [-0.39, 0.29) is 0 Å². The summed E-state index contributed by atoms with van der Waals surface area (Å²) in [6.45, 7) is 0. The van der Waals surface area contributed by atoms with Crippen molar-refractivity contribution < 1.29 is 4.42 Å². The van der Waals surface area contributed by atoms with E-state index >= 15 is 0 Å². The molecular weight excluding hydrogens is 823 g/mol. The van der Waals surface area contributed by atoms with Crippen LogP contribution in [-0.4, -0.2) is 0 Å². The molecule has 0 bridgehead atoms. The number of hydrogen-bond donors (Lipinski definition) is 0. The van der Waals surface area contributed by atoms with Gasteiger partial charge in [0.1, 0.15) is 11.2 Å². The molecule has 0 atom stereocenters. The van der Waals surface area contributed by atoms with Crippen molar-refractivity contribution in [1.29, 1.82) is 0 Å². The average molecular weight is 866 g/mol. The van der Waals surface area contributed by atoms with Gasteiger partial charge in [-0.3, -0.25) is 0 Å². The third-order valence-electron chi connectivity index (χ3n) is 13.6. The Bertz CT molecular complexity index is 3940. The lowest BCUT2D eigenvalue weighted by atomic mass is 9.93. The maximum absolute atomic E-state index is 6.64. The van der Waals surface area contributed by atoms with Gasteiger partial charge in [-0.1, -0.05) is 188 Å². The van der Waals surface area contributed by atoms with Crippen molar-refractivity contribution in [3.05, 3.63) is 261 Å². The van der Waals surface area contributed by atoms with E-state index in [4.69, 9.17) is 4.42 Å². The van der Waals surface area contributed by atoms with E-state index in [1.165, 1.54) is 65.9 Å². The first-order valence-corrected chi connectivity index (χ1v) is 23.3. The predicted molar refractivity (Wildman–Crippen MR) is 288 cm³/mol. The fourth-order valence-corrected chi connectivity index (χ4v) is 10.2. The minimum absolute atomic E-state index is 0.885. The third kappa shape index (κ3) is 6.99. The quantitative estimate of drug-likeness (QED) is 0.142. The monoisotopic (exact) mass is 865 g/mol. The summed E-state index contributed by atoms with van der Waals surface area (Å²) in [5, 5.41) is 9.59. The summed E-state index contributed by atoms with van der Waals surface area (Å²) in [6, 6.07) is 94.5. The van der Waals surface area contributed by atoms with Crippen molar-refractivity contribution in [2.75, 3.05) is 4.90 Å². The number of rotatable bonds is 8. The molecule has 2 heteroatoms. The summed E-state index contributed by atoms with van der Waals surface area (Å²) in [4.78, 5) is 2.38. The van der Waals surface area contributed by atoms with Crippen LogP contribution in [0.2, 0.25) is 0 Å². The Morgan fingerprint density at radius 3 is 1.41 bits per heavy atom. The summed E-state index contributed by atoms with van der Waals surface area (Å²) in [5.41, 5.74) is 16.7. The lowest BCUT2D eigenvalue weighted by molar-refractivity contribution is 0.673. The molecule has 13 rings (SSSR count). The SMILES string of the molecule is c1ccc(-c2cc(-c3ccccc3)cc(-c3ccc(N(c4ccc(-c5ccc6c(ccc7ccccc76)c5)cc4)c4cccc(-c5cccc6oc7c8ccccc8ccc7c56)c4)cc3)c2)cc1.